The minimum Gasteiger partial charge on any atom is -0.352 e. The quantitative estimate of drug-likeness (QED) is 0.742. The Balaban J connectivity index is 2.42. The van der Waals surface area contributed by atoms with Crippen LogP contribution in [0.25, 0.3) is 0 Å². The van der Waals surface area contributed by atoms with Gasteiger partial charge in [0.15, 0.2) is 0 Å². The molecule has 1 aliphatic rings. The smallest absolute Gasteiger partial charge is 0.237 e. The van der Waals surface area contributed by atoms with Gasteiger partial charge in [-0.3, -0.25) is 4.79 Å². The van der Waals surface area contributed by atoms with Crippen LogP contribution in [-0.2, 0) is 4.79 Å². The zero-order chi connectivity index (χ0) is 12.8. The normalized spacial score (nSPS) is 27.6. The van der Waals surface area contributed by atoms with Gasteiger partial charge in [-0.2, -0.15) is 0 Å². The van der Waals surface area contributed by atoms with Crippen LogP contribution in [0.3, 0.4) is 0 Å². The Morgan fingerprint density at radius 3 is 2.59 bits per heavy atom. The van der Waals surface area contributed by atoms with Gasteiger partial charge in [0.25, 0.3) is 0 Å². The van der Waals surface area contributed by atoms with E-state index in [0.29, 0.717) is 17.9 Å². The van der Waals surface area contributed by atoms with Gasteiger partial charge in [-0.1, -0.05) is 40.0 Å². The number of nitrogens with two attached hydrogens (primary N) is 1. The fourth-order valence-corrected chi connectivity index (χ4v) is 2.61. The van der Waals surface area contributed by atoms with Crippen molar-refractivity contribution in [1.29, 1.82) is 0 Å². The summed E-state index contributed by atoms with van der Waals surface area (Å²) in [6, 6.07) is -0.00587. The fourth-order valence-electron chi connectivity index (χ4n) is 2.61. The SMILES string of the molecule is CC(C)C[C@@H](N)C(=O)NC1CCCCCC1C. The van der Waals surface area contributed by atoms with E-state index in [1.807, 2.05) is 0 Å². The highest BCUT2D eigenvalue weighted by Gasteiger charge is 2.24. The van der Waals surface area contributed by atoms with Gasteiger partial charge in [-0.15, -0.1) is 0 Å². The number of hydrogen-bond donors (Lipinski definition) is 2. The summed E-state index contributed by atoms with van der Waals surface area (Å²) in [5.74, 6) is 1.10. The van der Waals surface area contributed by atoms with E-state index >= 15 is 0 Å². The van der Waals surface area contributed by atoms with Crippen LogP contribution in [0.4, 0.5) is 0 Å². The number of hydrogen-bond acceptors (Lipinski definition) is 2. The Bertz CT molecular complexity index is 240. The van der Waals surface area contributed by atoms with Crippen molar-refractivity contribution in [3.63, 3.8) is 0 Å². The molecule has 17 heavy (non-hydrogen) atoms. The average Bonchev–Trinajstić information content (AvgIpc) is 2.43. The van der Waals surface area contributed by atoms with E-state index < -0.39 is 0 Å². The van der Waals surface area contributed by atoms with Gasteiger partial charge in [0.05, 0.1) is 6.04 Å². The van der Waals surface area contributed by atoms with Crippen LogP contribution >= 0.6 is 0 Å². The van der Waals surface area contributed by atoms with E-state index in [1.54, 1.807) is 0 Å². The van der Waals surface area contributed by atoms with Gasteiger partial charge in [-0.05, 0) is 31.1 Å². The van der Waals surface area contributed by atoms with Crippen LogP contribution in [0.1, 0.15) is 59.3 Å². The Kier molecular flexibility index (Phi) is 5.96. The Hall–Kier alpha value is -0.570. The number of rotatable bonds is 4. The van der Waals surface area contributed by atoms with E-state index in [-0.39, 0.29) is 11.9 Å². The molecule has 1 saturated carbocycles. The molecule has 3 heteroatoms. The van der Waals surface area contributed by atoms with Crippen molar-refractivity contribution >= 4 is 5.91 Å². The maximum atomic E-state index is 12.0. The zero-order valence-corrected chi connectivity index (χ0v) is 11.5. The second-order valence-corrected chi connectivity index (χ2v) is 5.97. The predicted octanol–water partition coefficient (Wildman–Crippen LogP) is 2.44. The third-order valence-corrected chi connectivity index (χ3v) is 3.75. The lowest BCUT2D eigenvalue weighted by Gasteiger charge is -2.25. The first-order valence-electron chi connectivity index (χ1n) is 7.06. The molecule has 3 atom stereocenters. The summed E-state index contributed by atoms with van der Waals surface area (Å²) in [5, 5.41) is 3.15. The van der Waals surface area contributed by atoms with Gasteiger partial charge in [0, 0.05) is 6.04 Å². The second kappa shape index (κ2) is 7.00. The largest absolute Gasteiger partial charge is 0.352 e. The molecule has 0 spiro atoms. The Labute approximate surface area is 106 Å². The monoisotopic (exact) mass is 240 g/mol. The van der Waals surface area contributed by atoms with Gasteiger partial charge >= 0.3 is 0 Å². The molecule has 0 bridgehead atoms. The van der Waals surface area contributed by atoms with Crippen LogP contribution in [0.2, 0.25) is 0 Å². The first kappa shape index (κ1) is 14.5. The molecule has 3 nitrogen and oxygen atoms in total. The van der Waals surface area contributed by atoms with E-state index in [2.05, 4.69) is 26.1 Å². The molecule has 0 aromatic heterocycles. The standard InChI is InChI=1S/C14H28N2O/c1-10(2)9-12(15)14(17)16-13-8-6-4-5-7-11(13)3/h10-13H,4-9,15H2,1-3H3,(H,16,17)/t11?,12-,13?/m1/s1. The second-order valence-electron chi connectivity index (χ2n) is 5.97. The van der Waals surface area contributed by atoms with Crippen molar-refractivity contribution in [2.75, 3.05) is 0 Å². The molecule has 3 N–H and O–H groups in total. The highest BCUT2D eigenvalue weighted by molar-refractivity contribution is 5.81. The molecule has 100 valence electrons. The topological polar surface area (TPSA) is 55.1 Å². The summed E-state index contributed by atoms with van der Waals surface area (Å²) >= 11 is 0. The summed E-state index contributed by atoms with van der Waals surface area (Å²) < 4.78 is 0. The first-order chi connectivity index (χ1) is 8.00. The summed E-state index contributed by atoms with van der Waals surface area (Å²) in [6.45, 7) is 6.44. The molecule has 0 aromatic rings. The molecule has 1 aliphatic carbocycles. The summed E-state index contributed by atoms with van der Waals surface area (Å²) in [6.07, 6.45) is 6.94. The van der Waals surface area contributed by atoms with Crippen molar-refractivity contribution in [1.82, 2.24) is 5.32 Å². The van der Waals surface area contributed by atoms with Gasteiger partial charge in [-0.25, -0.2) is 0 Å². The molecule has 0 aromatic carbocycles. The molecule has 0 saturated heterocycles. The van der Waals surface area contributed by atoms with Crippen LogP contribution in [0.15, 0.2) is 0 Å². The molecule has 1 amide bonds. The number of carbonyl (C=O) groups excluding carboxylic acids is 1. The lowest BCUT2D eigenvalue weighted by Crippen LogP contribution is -2.47. The van der Waals surface area contributed by atoms with Crippen molar-refractivity contribution in [3.8, 4) is 0 Å². The molecule has 1 rings (SSSR count). The third-order valence-electron chi connectivity index (χ3n) is 3.75. The fraction of sp³-hybridized carbons (Fsp3) is 0.929. The average molecular weight is 240 g/mol. The molecular weight excluding hydrogens is 212 g/mol. The lowest BCUT2D eigenvalue weighted by atomic mass is 9.96. The summed E-state index contributed by atoms with van der Waals surface area (Å²) in [4.78, 5) is 12.0. The summed E-state index contributed by atoms with van der Waals surface area (Å²) in [7, 11) is 0. The third kappa shape index (κ3) is 5.07. The molecule has 0 heterocycles. The highest BCUT2D eigenvalue weighted by Crippen LogP contribution is 2.23. The van der Waals surface area contributed by atoms with E-state index in [9.17, 15) is 4.79 Å². The van der Waals surface area contributed by atoms with E-state index in [1.165, 1.54) is 25.7 Å². The van der Waals surface area contributed by atoms with Crippen molar-refractivity contribution in [2.45, 2.75) is 71.4 Å². The van der Waals surface area contributed by atoms with Crippen LogP contribution in [-0.4, -0.2) is 18.0 Å². The van der Waals surface area contributed by atoms with Crippen LogP contribution in [0.5, 0.6) is 0 Å². The van der Waals surface area contributed by atoms with E-state index in [4.69, 9.17) is 5.73 Å². The minimum absolute atomic E-state index is 0.0393. The van der Waals surface area contributed by atoms with E-state index in [0.717, 1.165) is 12.8 Å². The van der Waals surface area contributed by atoms with Crippen LogP contribution < -0.4 is 11.1 Å². The van der Waals surface area contributed by atoms with Crippen molar-refractivity contribution in [3.05, 3.63) is 0 Å². The maximum absolute atomic E-state index is 12.0. The molecule has 0 aliphatic heterocycles. The molecular formula is C14H28N2O. The van der Waals surface area contributed by atoms with Crippen LogP contribution in [0, 0.1) is 11.8 Å². The minimum atomic E-state index is -0.342. The number of carbonyl (C=O) groups is 1. The van der Waals surface area contributed by atoms with Gasteiger partial charge < -0.3 is 11.1 Å². The summed E-state index contributed by atoms with van der Waals surface area (Å²) in [5.41, 5.74) is 5.91. The number of nitrogens with one attached hydrogen (secondary N) is 1. The van der Waals surface area contributed by atoms with Gasteiger partial charge in [0.2, 0.25) is 5.91 Å². The predicted molar refractivity (Wildman–Crippen MR) is 71.6 cm³/mol. The molecule has 0 radical (unpaired) electrons. The Morgan fingerprint density at radius 1 is 1.29 bits per heavy atom. The zero-order valence-electron chi connectivity index (χ0n) is 11.5. The molecule has 1 fully saturated rings. The maximum Gasteiger partial charge on any atom is 0.237 e. The van der Waals surface area contributed by atoms with Crippen molar-refractivity contribution in [2.24, 2.45) is 17.6 Å². The molecule has 2 unspecified atom stereocenters. The lowest BCUT2D eigenvalue weighted by molar-refractivity contribution is -0.123. The van der Waals surface area contributed by atoms with Crippen molar-refractivity contribution < 1.29 is 4.79 Å². The Morgan fingerprint density at radius 2 is 1.94 bits per heavy atom. The van der Waals surface area contributed by atoms with Gasteiger partial charge in [0.1, 0.15) is 0 Å². The highest BCUT2D eigenvalue weighted by atomic mass is 16.2. The number of amides is 1. The first-order valence-corrected chi connectivity index (χ1v) is 7.06.